The van der Waals surface area contributed by atoms with Crippen molar-refractivity contribution < 1.29 is 0 Å². The monoisotopic (exact) mass is 260 g/mol. The smallest absolute Gasteiger partial charge is 0.250 e. The second kappa shape index (κ2) is 4.91. The number of nitrogens with one attached hydrogen (secondary N) is 1. The number of hydrogen-bond acceptors (Lipinski definition) is 3. The van der Waals surface area contributed by atoms with Gasteiger partial charge >= 0.3 is 0 Å². The first-order valence-electron chi connectivity index (χ1n) is 6.33. The Morgan fingerprint density at radius 2 is 1.95 bits per heavy atom. The number of anilines is 1. The minimum atomic E-state index is -0.00746. The third-order valence-corrected chi connectivity index (χ3v) is 3.47. The molecule has 0 aliphatic carbocycles. The lowest BCUT2D eigenvalue weighted by molar-refractivity contribution is 0.728. The normalized spacial score (nSPS) is 12.5. The topological polar surface area (TPSA) is 51.9 Å². The van der Waals surface area contributed by atoms with Crippen LogP contribution in [0.5, 0.6) is 0 Å². The van der Waals surface area contributed by atoms with Crippen molar-refractivity contribution in [1.82, 2.24) is 14.3 Å². The Kier molecular flexibility index (Phi) is 3.46. The van der Waals surface area contributed by atoms with E-state index < -0.39 is 0 Å². The molecule has 0 spiro atoms. The number of aromatic nitrogens is 3. The summed E-state index contributed by atoms with van der Waals surface area (Å²) in [5.74, 6) is 0. The van der Waals surface area contributed by atoms with Crippen LogP contribution >= 0.6 is 0 Å². The van der Waals surface area contributed by atoms with Gasteiger partial charge in [-0.25, -0.2) is 0 Å². The maximum absolute atomic E-state index is 11.4. The number of hydrogen-bond donors (Lipinski definition) is 1. The first-order valence-corrected chi connectivity index (χ1v) is 6.33. The third kappa shape index (κ3) is 2.54. The molecule has 0 saturated carbocycles. The molecule has 0 amide bonds. The summed E-state index contributed by atoms with van der Waals surface area (Å²) in [6.07, 6.45) is 1.81. The van der Waals surface area contributed by atoms with E-state index in [-0.39, 0.29) is 11.6 Å². The lowest BCUT2D eigenvalue weighted by Crippen LogP contribution is -2.16. The maximum Gasteiger partial charge on any atom is 0.250 e. The molecular formula is C14H20N4O. The molecule has 0 aliphatic rings. The van der Waals surface area contributed by atoms with Crippen LogP contribution in [0.3, 0.4) is 0 Å². The average Bonchev–Trinajstić information content (AvgIpc) is 2.58. The summed E-state index contributed by atoms with van der Waals surface area (Å²) in [4.78, 5) is 11.4. The zero-order chi connectivity index (χ0) is 14.2. The van der Waals surface area contributed by atoms with E-state index in [9.17, 15) is 4.79 Å². The van der Waals surface area contributed by atoms with Gasteiger partial charge in [0.05, 0.1) is 17.4 Å². The quantitative estimate of drug-likeness (QED) is 0.917. The molecule has 2 aromatic heterocycles. The molecule has 1 unspecified atom stereocenters. The molecule has 1 N–H and O–H groups in total. The highest BCUT2D eigenvalue weighted by molar-refractivity contribution is 5.44. The fraction of sp³-hybridized carbons (Fsp3) is 0.429. The predicted molar refractivity (Wildman–Crippen MR) is 76.4 cm³/mol. The van der Waals surface area contributed by atoms with Crippen molar-refractivity contribution in [2.75, 3.05) is 5.32 Å². The van der Waals surface area contributed by atoms with Gasteiger partial charge in [0.1, 0.15) is 0 Å². The van der Waals surface area contributed by atoms with Crippen LogP contribution in [0.2, 0.25) is 0 Å². The zero-order valence-electron chi connectivity index (χ0n) is 12.1. The van der Waals surface area contributed by atoms with Gasteiger partial charge in [-0.1, -0.05) is 0 Å². The Hall–Kier alpha value is -2.04. The molecule has 1 atom stereocenters. The number of rotatable bonds is 3. The Morgan fingerprint density at radius 3 is 2.47 bits per heavy atom. The molecule has 0 bridgehead atoms. The Bertz CT molecular complexity index is 654. The summed E-state index contributed by atoms with van der Waals surface area (Å²) in [5.41, 5.74) is 4.31. The highest BCUT2D eigenvalue weighted by atomic mass is 16.1. The fourth-order valence-corrected chi connectivity index (χ4v) is 2.42. The van der Waals surface area contributed by atoms with Crippen LogP contribution in [-0.2, 0) is 14.1 Å². The first kappa shape index (κ1) is 13.4. The minimum Gasteiger partial charge on any atom is -0.377 e. The summed E-state index contributed by atoms with van der Waals surface area (Å²) in [6.45, 7) is 6.18. The molecule has 2 aromatic rings. The molecule has 5 nitrogen and oxygen atoms in total. The molecule has 0 radical (unpaired) electrons. The van der Waals surface area contributed by atoms with E-state index in [1.165, 1.54) is 5.56 Å². The van der Waals surface area contributed by atoms with Crippen molar-refractivity contribution in [1.29, 1.82) is 0 Å². The molecule has 2 heterocycles. The van der Waals surface area contributed by atoms with Gasteiger partial charge < -0.3 is 9.88 Å². The van der Waals surface area contributed by atoms with E-state index in [1.807, 2.05) is 18.7 Å². The lowest BCUT2D eigenvalue weighted by atomic mass is 10.1. The van der Waals surface area contributed by atoms with Crippen molar-refractivity contribution in [3.05, 3.63) is 45.6 Å². The molecular weight excluding hydrogens is 240 g/mol. The van der Waals surface area contributed by atoms with Gasteiger partial charge in [-0.05, 0) is 26.8 Å². The number of aryl methyl sites for hydroxylation is 3. The van der Waals surface area contributed by atoms with Crippen molar-refractivity contribution in [3.8, 4) is 0 Å². The standard InChI is InChI=1S/C14H20N4O/c1-9(14-10(2)16-18(5)11(14)3)15-12-6-7-13(19)17(4)8-12/h6-9,15H,1-5H3. The SMILES string of the molecule is Cc1nn(C)c(C)c1C(C)Nc1ccc(=O)n(C)c1. The van der Waals surface area contributed by atoms with Crippen molar-refractivity contribution in [2.24, 2.45) is 14.1 Å². The van der Waals surface area contributed by atoms with Crippen molar-refractivity contribution in [3.63, 3.8) is 0 Å². The highest BCUT2D eigenvalue weighted by Gasteiger charge is 2.16. The number of nitrogens with zero attached hydrogens (tertiary/aromatic N) is 3. The van der Waals surface area contributed by atoms with Gasteiger partial charge in [0.15, 0.2) is 0 Å². The Morgan fingerprint density at radius 1 is 1.26 bits per heavy atom. The van der Waals surface area contributed by atoms with Crippen LogP contribution in [0.1, 0.15) is 29.9 Å². The van der Waals surface area contributed by atoms with Gasteiger partial charge in [0.25, 0.3) is 0 Å². The molecule has 0 aromatic carbocycles. The van der Waals surface area contributed by atoms with Gasteiger partial charge in [-0.2, -0.15) is 5.10 Å². The summed E-state index contributed by atoms with van der Waals surface area (Å²) >= 11 is 0. The van der Waals surface area contributed by atoms with Gasteiger partial charge in [0.2, 0.25) is 5.56 Å². The van der Waals surface area contributed by atoms with Crippen LogP contribution in [0, 0.1) is 13.8 Å². The Labute approximate surface area is 112 Å². The largest absolute Gasteiger partial charge is 0.377 e. The minimum absolute atomic E-state index is 0.00746. The van der Waals surface area contributed by atoms with Gasteiger partial charge in [-0.3, -0.25) is 9.48 Å². The van der Waals surface area contributed by atoms with Crippen LogP contribution in [0.25, 0.3) is 0 Å². The van der Waals surface area contributed by atoms with E-state index in [0.717, 1.165) is 17.1 Å². The highest BCUT2D eigenvalue weighted by Crippen LogP contribution is 2.24. The van der Waals surface area contributed by atoms with Gasteiger partial charge in [0, 0.05) is 37.6 Å². The first-order chi connectivity index (χ1) is 8.90. The van der Waals surface area contributed by atoms with Crippen LogP contribution in [0.15, 0.2) is 23.1 Å². The average molecular weight is 260 g/mol. The Balaban J connectivity index is 2.27. The van der Waals surface area contributed by atoms with Crippen LogP contribution < -0.4 is 10.9 Å². The van der Waals surface area contributed by atoms with E-state index in [1.54, 1.807) is 29.9 Å². The molecule has 19 heavy (non-hydrogen) atoms. The summed E-state index contributed by atoms with van der Waals surface area (Å²) in [6, 6.07) is 3.52. The summed E-state index contributed by atoms with van der Waals surface area (Å²) < 4.78 is 3.46. The second-order valence-electron chi connectivity index (χ2n) is 4.94. The lowest BCUT2D eigenvalue weighted by Gasteiger charge is -2.16. The third-order valence-electron chi connectivity index (χ3n) is 3.47. The molecule has 5 heteroatoms. The van der Waals surface area contributed by atoms with E-state index in [2.05, 4.69) is 24.3 Å². The van der Waals surface area contributed by atoms with E-state index >= 15 is 0 Å². The molecule has 0 fully saturated rings. The van der Waals surface area contributed by atoms with E-state index in [4.69, 9.17) is 0 Å². The van der Waals surface area contributed by atoms with Crippen LogP contribution in [0.4, 0.5) is 5.69 Å². The summed E-state index contributed by atoms with van der Waals surface area (Å²) in [5, 5.41) is 7.83. The van der Waals surface area contributed by atoms with Crippen LogP contribution in [-0.4, -0.2) is 14.3 Å². The maximum atomic E-state index is 11.4. The second-order valence-corrected chi connectivity index (χ2v) is 4.94. The fourth-order valence-electron chi connectivity index (χ4n) is 2.42. The predicted octanol–water partition coefficient (Wildman–Crippen LogP) is 1.91. The molecule has 0 saturated heterocycles. The molecule has 102 valence electrons. The number of pyridine rings is 1. The van der Waals surface area contributed by atoms with Crippen molar-refractivity contribution >= 4 is 5.69 Å². The molecule has 0 aliphatic heterocycles. The molecule has 2 rings (SSSR count). The van der Waals surface area contributed by atoms with Crippen molar-refractivity contribution in [2.45, 2.75) is 26.8 Å². The van der Waals surface area contributed by atoms with Gasteiger partial charge in [-0.15, -0.1) is 0 Å². The summed E-state index contributed by atoms with van der Waals surface area (Å²) in [7, 11) is 3.70. The zero-order valence-corrected chi connectivity index (χ0v) is 12.1. The van der Waals surface area contributed by atoms with E-state index in [0.29, 0.717) is 0 Å².